The van der Waals surface area contributed by atoms with Gasteiger partial charge in [0.15, 0.2) is 5.43 Å². The van der Waals surface area contributed by atoms with Gasteiger partial charge in [0, 0.05) is 17.4 Å². The number of fused-ring (bicyclic) bond motifs is 2. The number of anilines is 1. The molecular weight excluding hydrogens is 390 g/mol. The number of nitrogens with zero attached hydrogens (tertiary/aromatic N) is 3. The summed E-state index contributed by atoms with van der Waals surface area (Å²) in [5.74, 6) is -0.270. The molecule has 1 unspecified atom stereocenters. The van der Waals surface area contributed by atoms with Gasteiger partial charge in [0.25, 0.3) is 5.91 Å². The summed E-state index contributed by atoms with van der Waals surface area (Å²) in [4.78, 5) is 36.6. The number of amides is 1. The summed E-state index contributed by atoms with van der Waals surface area (Å²) >= 11 is 6.20. The van der Waals surface area contributed by atoms with Gasteiger partial charge in [0.1, 0.15) is 5.58 Å². The molecule has 1 amide bonds. The zero-order chi connectivity index (χ0) is 20.1. The number of halogens is 1. The quantitative estimate of drug-likeness (QED) is 0.499. The second-order valence-electron chi connectivity index (χ2n) is 6.86. The second-order valence-corrected chi connectivity index (χ2v) is 7.29. The highest BCUT2D eigenvalue weighted by atomic mass is 35.5. The van der Waals surface area contributed by atoms with Crippen LogP contribution in [0.15, 0.2) is 70.1 Å². The molecule has 0 radical (unpaired) electrons. The minimum atomic E-state index is -0.736. The molecular formula is C22H14ClN3O3. The molecule has 6 nitrogen and oxygen atoms in total. The van der Waals surface area contributed by atoms with Crippen LogP contribution in [0.2, 0.25) is 5.02 Å². The van der Waals surface area contributed by atoms with E-state index in [1.54, 1.807) is 48.8 Å². The van der Waals surface area contributed by atoms with Crippen molar-refractivity contribution < 1.29 is 9.21 Å². The number of carbonyl (C=O) groups is 1. The number of aryl methyl sites for hydroxylation is 1. The Morgan fingerprint density at radius 1 is 1.03 bits per heavy atom. The van der Waals surface area contributed by atoms with Crippen molar-refractivity contribution >= 4 is 34.4 Å². The fourth-order valence-electron chi connectivity index (χ4n) is 3.70. The topological polar surface area (TPSA) is 76.3 Å². The first-order chi connectivity index (χ1) is 14.0. The van der Waals surface area contributed by atoms with E-state index in [1.165, 1.54) is 4.90 Å². The first kappa shape index (κ1) is 17.6. The van der Waals surface area contributed by atoms with E-state index in [0.717, 1.165) is 5.56 Å². The van der Waals surface area contributed by atoms with E-state index in [0.29, 0.717) is 21.6 Å². The van der Waals surface area contributed by atoms with Crippen LogP contribution in [0.5, 0.6) is 0 Å². The van der Waals surface area contributed by atoms with Crippen molar-refractivity contribution in [2.45, 2.75) is 13.0 Å². The molecule has 3 heterocycles. The highest BCUT2D eigenvalue weighted by Crippen LogP contribution is 2.40. The number of aromatic nitrogens is 2. The van der Waals surface area contributed by atoms with Crippen LogP contribution in [0, 0.1) is 6.92 Å². The Morgan fingerprint density at radius 2 is 1.83 bits per heavy atom. The van der Waals surface area contributed by atoms with E-state index in [-0.39, 0.29) is 22.7 Å². The summed E-state index contributed by atoms with van der Waals surface area (Å²) in [6, 6.07) is 13.3. The minimum absolute atomic E-state index is 0.00350. The maximum absolute atomic E-state index is 13.5. The molecule has 7 heteroatoms. The second kappa shape index (κ2) is 6.53. The van der Waals surface area contributed by atoms with Crippen LogP contribution < -0.4 is 10.3 Å². The standard InChI is InChI=1S/C22H14ClN3O3/c1-12-6-7-16-15(10-12)19(27)17-18(13-4-2-5-14(23)11-13)26(21(28)20(17)29-16)22-24-8-3-9-25-22/h2-11,18H,1H3. The number of rotatable bonds is 2. The lowest BCUT2D eigenvalue weighted by molar-refractivity contribution is 0.0969. The first-order valence-electron chi connectivity index (χ1n) is 8.98. The zero-order valence-electron chi connectivity index (χ0n) is 15.3. The van der Waals surface area contributed by atoms with E-state index < -0.39 is 11.9 Å². The molecule has 5 rings (SSSR count). The Kier molecular flexibility index (Phi) is 3.96. The first-order valence-corrected chi connectivity index (χ1v) is 9.36. The van der Waals surface area contributed by atoms with Gasteiger partial charge in [-0.25, -0.2) is 9.97 Å². The van der Waals surface area contributed by atoms with Gasteiger partial charge in [-0.2, -0.15) is 0 Å². The fourth-order valence-corrected chi connectivity index (χ4v) is 3.90. The molecule has 1 atom stereocenters. The molecule has 0 N–H and O–H groups in total. The molecule has 2 aromatic heterocycles. The van der Waals surface area contributed by atoms with Gasteiger partial charge in [-0.15, -0.1) is 0 Å². The number of hydrogen-bond acceptors (Lipinski definition) is 5. The van der Waals surface area contributed by atoms with Gasteiger partial charge < -0.3 is 4.42 Å². The molecule has 142 valence electrons. The summed E-state index contributed by atoms with van der Waals surface area (Å²) < 4.78 is 5.91. The van der Waals surface area contributed by atoms with Crippen molar-refractivity contribution in [1.29, 1.82) is 0 Å². The van der Waals surface area contributed by atoms with Crippen molar-refractivity contribution in [3.63, 3.8) is 0 Å². The van der Waals surface area contributed by atoms with Gasteiger partial charge in [-0.1, -0.05) is 35.4 Å². The van der Waals surface area contributed by atoms with Gasteiger partial charge in [-0.3, -0.25) is 14.5 Å². The van der Waals surface area contributed by atoms with E-state index in [9.17, 15) is 9.59 Å². The molecule has 0 bridgehead atoms. The molecule has 0 saturated carbocycles. The molecule has 1 aliphatic rings. The Hall–Kier alpha value is -3.51. The molecule has 4 aromatic rings. The summed E-state index contributed by atoms with van der Waals surface area (Å²) in [5.41, 5.74) is 1.99. The van der Waals surface area contributed by atoms with E-state index in [2.05, 4.69) is 9.97 Å². The molecule has 0 saturated heterocycles. The molecule has 29 heavy (non-hydrogen) atoms. The maximum Gasteiger partial charge on any atom is 0.297 e. The largest absolute Gasteiger partial charge is 0.450 e. The van der Waals surface area contributed by atoms with Crippen LogP contribution in [-0.2, 0) is 0 Å². The average Bonchev–Trinajstić information content (AvgIpc) is 3.02. The van der Waals surface area contributed by atoms with Crippen LogP contribution in [-0.4, -0.2) is 15.9 Å². The van der Waals surface area contributed by atoms with Crippen LogP contribution in [0.3, 0.4) is 0 Å². The minimum Gasteiger partial charge on any atom is -0.450 e. The average molecular weight is 404 g/mol. The molecule has 0 spiro atoms. The van der Waals surface area contributed by atoms with Crippen LogP contribution >= 0.6 is 11.6 Å². The Labute approximate surface area is 170 Å². The summed E-state index contributed by atoms with van der Waals surface area (Å²) in [6.07, 6.45) is 3.09. The smallest absolute Gasteiger partial charge is 0.297 e. The van der Waals surface area contributed by atoms with Crippen molar-refractivity contribution in [3.05, 3.63) is 98.6 Å². The third-order valence-electron chi connectivity index (χ3n) is 4.96. The van der Waals surface area contributed by atoms with E-state index >= 15 is 0 Å². The molecule has 2 aromatic carbocycles. The van der Waals surface area contributed by atoms with Gasteiger partial charge >= 0.3 is 0 Å². The van der Waals surface area contributed by atoms with E-state index in [4.69, 9.17) is 16.0 Å². The van der Waals surface area contributed by atoms with Gasteiger partial charge in [0.05, 0.1) is 17.0 Å². The number of benzene rings is 2. The lowest BCUT2D eigenvalue weighted by Crippen LogP contribution is -2.31. The summed E-state index contributed by atoms with van der Waals surface area (Å²) in [6.45, 7) is 1.90. The monoisotopic (exact) mass is 403 g/mol. The van der Waals surface area contributed by atoms with Crippen LogP contribution in [0.4, 0.5) is 5.95 Å². The normalized spacial score (nSPS) is 15.7. The highest BCUT2D eigenvalue weighted by molar-refractivity contribution is 6.30. The van der Waals surface area contributed by atoms with Crippen molar-refractivity contribution in [3.8, 4) is 0 Å². The van der Waals surface area contributed by atoms with Gasteiger partial charge in [0.2, 0.25) is 11.7 Å². The maximum atomic E-state index is 13.5. The number of carbonyl (C=O) groups excluding carboxylic acids is 1. The Balaban J connectivity index is 1.84. The van der Waals surface area contributed by atoms with Crippen molar-refractivity contribution in [2.75, 3.05) is 4.90 Å². The third kappa shape index (κ3) is 2.72. The lowest BCUT2D eigenvalue weighted by atomic mass is 9.98. The Morgan fingerprint density at radius 3 is 2.59 bits per heavy atom. The Bertz CT molecular complexity index is 1330. The van der Waals surface area contributed by atoms with Crippen molar-refractivity contribution in [2.24, 2.45) is 0 Å². The predicted octanol–water partition coefficient (Wildman–Crippen LogP) is 4.29. The highest BCUT2D eigenvalue weighted by Gasteiger charge is 2.44. The van der Waals surface area contributed by atoms with Crippen molar-refractivity contribution in [1.82, 2.24) is 9.97 Å². The van der Waals surface area contributed by atoms with Crippen LogP contribution in [0.25, 0.3) is 11.0 Å². The fraction of sp³-hybridized carbons (Fsp3) is 0.0909. The molecule has 0 fully saturated rings. The zero-order valence-corrected chi connectivity index (χ0v) is 16.1. The lowest BCUT2D eigenvalue weighted by Gasteiger charge is -2.23. The summed E-state index contributed by atoms with van der Waals surface area (Å²) in [5, 5.41) is 0.928. The summed E-state index contributed by atoms with van der Waals surface area (Å²) in [7, 11) is 0. The SMILES string of the molecule is Cc1ccc2oc3c(c(=O)c2c1)C(c1cccc(Cl)c1)N(c1ncccn1)C3=O. The molecule has 0 aliphatic carbocycles. The van der Waals surface area contributed by atoms with Gasteiger partial charge in [-0.05, 0) is 42.8 Å². The number of hydrogen-bond donors (Lipinski definition) is 0. The predicted molar refractivity (Wildman–Crippen MR) is 109 cm³/mol. The molecule has 1 aliphatic heterocycles. The van der Waals surface area contributed by atoms with E-state index in [1.807, 2.05) is 19.1 Å². The third-order valence-corrected chi connectivity index (χ3v) is 5.19. The van der Waals surface area contributed by atoms with Crippen LogP contribution in [0.1, 0.15) is 33.3 Å².